The molecular formula is C14H19N3OS. The lowest BCUT2D eigenvalue weighted by molar-refractivity contribution is 0.0300. The highest BCUT2D eigenvalue weighted by atomic mass is 32.1. The fourth-order valence-electron chi connectivity index (χ4n) is 2.35. The molecule has 0 radical (unpaired) electrons. The van der Waals surface area contributed by atoms with Crippen molar-refractivity contribution in [2.75, 3.05) is 30.8 Å². The zero-order valence-corrected chi connectivity index (χ0v) is 11.9. The van der Waals surface area contributed by atoms with Gasteiger partial charge in [-0.15, -0.1) is 0 Å². The van der Waals surface area contributed by atoms with Crippen molar-refractivity contribution in [1.82, 2.24) is 4.98 Å². The molecule has 3 N–H and O–H groups in total. The highest BCUT2D eigenvalue weighted by Crippen LogP contribution is 2.32. The van der Waals surface area contributed by atoms with Crippen molar-refractivity contribution in [3.8, 4) is 0 Å². The van der Waals surface area contributed by atoms with Crippen molar-refractivity contribution in [2.24, 2.45) is 5.41 Å². The summed E-state index contributed by atoms with van der Waals surface area (Å²) in [7, 11) is 0. The van der Waals surface area contributed by atoms with Gasteiger partial charge < -0.3 is 15.8 Å². The minimum Gasteiger partial charge on any atom is -0.399 e. The van der Waals surface area contributed by atoms with Crippen molar-refractivity contribution < 1.29 is 4.74 Å². The van der Waals surface area contributed by atoms with Gasteiger partial charge in [-0.2, -0.15) is 0 Å². The molecule has 3 rings (SSSR count). The molecule has 1 saturated heterocycles. The summed E-state index contributed by atoms with van der Waals surface area (Å²) in [6, 6.07) is 5.85. The van der Waals surface area contributed by atoms with Gasteiger partial charge in [0, 0.05) is 25.4 Å². The molecule has 0 bridgehead atoms. The summed E-state index contributed by atoms with van der Waals surface area (Å²) in [5.74, 6) is 0. The second-order valence-electron chi connectivity index (χ2n) is 5.52. The van der Waals surface area contributed by atoms with Crippen LogP contribution in [-0.2, 0) is 4.74 Å². The predicted octanol–water partition coefficient (Wildman–Crippen LogP) is 3.11. The first-order valence-corrected chi connectivity index (χ1v) is 7.44. The largest absolute Gasteiger partial charge is 0.399 e. The molecule has 0 aliphatic carbocycles. The number of nitrogens with zero attached hydrogens (tertiary/aromatic N) is 1. The van der Waals surface area contributed by atoms with Crippen LogP contribution in [-0.4, -0.2) is 24.7 Å². The van der Waals surface area contributed by atoms with Gasteiger partial charge >= 0.3 is 0 Å². The molecule has 0 unspecified atom stereocenters. The summed E-state index contributed by atoms with van der Waals surface area (Å²) in [4.78, 5) is 4.59. The Morgan fingerprint density at radius 1 is 1.42 bits per heavy atom. The highest BCUT2D eigenvalue weighted by molar-refractivity contribution is 7.22. The number of nitrogens with two attached hydrogens (primary N) is 1. The molecule has 102 valence electrons. The summed E-state index contributed by atoms with van der Waals surface area (Å²) < 4.78 is 6.56. The molecule has 4 nitrogen and oxygen atoms in total. The number of hydrogen-bond acceptors (Lipinski definition) is 5. The van der Waals surface area contributed by atoms with Gasteiger partial charge in [-0.05, 0) is 36.5 Å². The summed E-state index contributed by atoms with van der Waals surface area (Å²) in [6.45, 7) is 5.00. The van der Waals surface area contributed by atoms with E-state index >= 15 is 0 Å². The normalized spacial score (nSPS) is 18.6. The minimum atomic E-state index is 0.315. The number of hydrogen-bond donors (Lipinski definition) is 2. The Balaban J connectivity index is 1.71. The van der Waals surface area contributed by atoms with Crippen molar-refractivity contribution in [1.29, 1.82) is 0 Å². The number of fused-ring (bicyclic) bond motifs is 1. The second-order valence-corrected chi connectivity index (χ2v) is 6.55. The molecule has 0 atom stereocenters. The first kappa shape index (κ1) is 12.7. The van der Waals surface area contributed by atoms with Gasteiger partial charge in [0.05, 0.1) is 10.2 Å². The van der Waals surface area contributed by atoms with Crippen LogP contribution >= 0.6 is 11.3 Å². The van der Waals surface area contributed by atoms with E-state index in [0.29, 0.717) is 5.41 Å². The Bertz CT molecular complexity index is 575. The molecule has 1 fully saturated rings. The van der Waals surface area contributed by atoms with Crippen LogP contribution in [0.3, 0.4) is 0 Å². The van der Waals surface area contributed by atoms with E-state index in [1.165, 1.54) is 0 Å². The number of ether oxygens (including phenoxy) is 1. The van der Waals surface area contributed by atoms with Crippen LogP contribution in [0, 0.1) is 5.41 Å². The summed E-state index contributed by atoms with van der Waals surface area (Å²) in [5.41, 5.74) is 7.91. The van der Waals surface area contributed by atoms with Crippen molar-refractivity contribution >= 4 is 32.4 Å². The van der Waals surface area contributed by atoms with Crippen molar-refractivity contribution in [3.05, 3.63) is 18.2 Å². The SMILES string of the molecule is CC1(CNc2nc3ccc(N)cc3s2)CCOCC1. The summed E-state index contributed by atoms with van der Waals surface area (Å²) in [6.07, 6.45) is 2.22. The highest BCUT2D eigenvalue weighted by Gasteiger charge is 2.27. The maximum absolute atomic E-state index is 5.79. The number of thiazole rings is 1. The zero-order valence-electron chi connectivity index (χ0n) is 11.1. The molecule has 19 heavy (non-hydrogen) atoms. The molecule has 1 aliphatic rings. The van der Waals surface area contributed by atoms with E-state index in [1.54, 1.807) is 11.3 Å². The molecule has 2 aromatic rings. The molecule has 1 aliphatic heterocycles. The monoisotopic (exact) mass is 277 g/mol. The standard InChI is InChI=1S/C14H19N3OS/c1-14(4-6-18-7-5-14)9-16-13-17-11-3-2-10(15)8-12(11)19-13/h2-3,8H,4-7,9,15H2,1H3,(H,16,17). The summed E-state index contributed by atoms with van der Waals surface area (Å²) >= 11 is 1.67. The lowest BCUT2D eigenvalue weighted by Gasteiger charge is -2.33. The van der Waals surface area contributed by atoms with Crippen LogP contribution < -0.4 is 11.1 Å². The molecule has 0 amide bonds. The van der Waals surface area contributed by atoms with Gasteiger partial charge in [0.1, 0.15) is 0 Å². The number of benzene rings is 1. The van der Waals surface area contributed by atoms with E-state index in [2.05, 4.69) is 17.2 Å². The lowest BCUT2D eigenvalue weighted by atomic mass is 9.82. The van der Waals surface area contributed by atoms with Gasteiger partial charge in [0.15, 0.2) is 5.13 Å². The van der Waals surface area contributed by atoms with Crippen molar-refractivity contribution in [2.45, 2.75) is 19.8 Å². The quantitative estimate of drug-likeness (QED) is 0.846. The number of aromatic nitrogens is 1. The maximum atomic E-state index is 5.79. The van der Waals surface area contributed by atoms with E-state index < -0.39 is 0 Å². The molecule has 1 aromatic carbocycles. The smallest absolute Gasteiger partial charge is 0.183 e. The Labute approximate surface area is 117 Å². The molecule has 0 spiro atoms. The Hall–Kier alpha value is -1.33. The number of anilines is 2. The van der Waals surface area contributed by atoms with E-state index in [4.69, 9.17) is 10.5 Å². The average Bonchev–Trinajstić information content (AvgIpc) is 2.79. The fourth-order valence-corrected chi connectivity index (χ4v) is 3.26. The van der Waals surface area contributed by atoms with E-state index in [9.17, 15) is 0 Å². The topological polar surface area (TPSA) is 60.2 Å². The van der Waals surface area contributed by atoms with E-state index in [-0.39, 0.29) is 0 Å². The lowest BCUT2D eigenvalue weighted by Crippen LogP contribution is -2.33. The van der Waals surface area contributed by atoms with Gasteiger partial charge in [-0.1, -0.05) is 18.3 Å². The van der Waals surface area contributed by atoms with Gasteiger partial charge in [-0.25, -0.2) is 4.98 Å². The second kappa shape index (κ2) is 4.98. The first-order valence-electron chi connectivity index (χ1n) is 6.62. The van der Waals surface area contributed by atoms with Gasteiger partial charge in [0.2, 0.25) is 0 Å². The third-order valence-electron chi connectivity index (χ3n) is 3.78. The fraction of sp³-hybridized carbons (Fsp3) is 0.500. The van der Waals surface area contributed by atoms with Crippen LogP contribution in [0.5, 0.6) is 0 Å². The third-order valence-corrected chi connectivity index (χ3v) is 4.75. The number of nitrogens with one attached hydrogen (secondary N) is 1. The Morgan fingerprint density at radius 2 is 2.21 bits per heavy atom. The third kappa shape index (κ3) is 2.82. The minimum absolute atomic E-state index is 0.315. The predicted molar refractivity (Wildman–Crippen MR) is 80.7 cm³/mol. The maximum Gasteiger partial charge on any atom is 0.183 e. The van der Waals surface area contributed by atoms with Crippen LogP contribution in [0.2, 0.25) is 0 Å². The molecule has 0 saturated carbocycles. The molecule has 1 aromatic heterocycles. The van der Waals surface area contributed by atoms with Gasteiger partial charge in [0.25, 0.3) is 0 Å². The van der Waals surface area contributed by atoms with Crippen LogP contribution in [0.1, 0.15) is 19.8 Å². The van der Waals surface area contributed by atoms with E-state index in [1.807, 2.05) is 18.2 Å². The van der Waals surface area contributed by atoms with Crippen LogP contribution in [0.15, 0.2) is 18.2 Å². The molecule has 2 heterocycles. The first-order chi connectivity index (χ1) is 9.15. The van der Waals surface area contributed by atoms with Crippen LogP contribution in [0.25, 0.3) is 10.2 Å². The van der Waals surface area contributed by atoms with Crippen LogP contribution in [0.4, 0.5) is 10.8 Å². The van der Waals surface area contributed by atoms with Crippen molar-refractivity contribution in [3.63, 3.8) is 0 Å². The Morgan fingerprint density at radius 3 is 3.00 bits per heavy atom. The molecule has 5 heteroatoms. The Kier molecular flexibility index (Phi) is 3.33. The number of rotatable bonds is 3. The van der Waals surface area contributed by atoms with Gasteiger partial charge in [-0.3, -0.25) is 0 Å². The number of nitrogen functional groups attached to an aromatic ring is 1. The van der Waals surface area contributed by atoms with E-state index in [0.717, 1.165) is 53.6 Å². The summed E-state index contributed by atoms with van der Waals surface area (Å²) in [5, 5.41) is 4.45. The average molecular weight is 277 g/mol. The molecular weight excluding hydrogens is 258 g/mol. The zero-order chi connectivity index (χ0) is 13.3.